The second-order valence-electron chi connectivity index (χ2n) is 3.98. The van der Waals surface area contributed by atoms with Crippen molar-refractivity contribution in [3.63, 3.8) is 0 Å². The molecule has 0 aliphatic carbocycles. The molecule has 0 fully saturated rings. The standard InChI is InChI=1S/C13H16BrN3S/c1-4-11-16-12(9-6-18-7-10(9)14)8(3)13(17-11)15-5-2/h6-7H,4-5H2,1-3H3,(H,15,16,17). The van der Waals surface area contributed by atoms with Crippen molar-refractivity contribution in [3.8, 4) is 11.3 Å². The summed E-state index contributed by atoms with van der Waals surface area (Å²) < 4.78 is 1.10. The zero-order chi connectivity index (χ0) is 13.1. The van der Waals surface area contributed by atoms with Crippen LogP contribution in [-0.4, -0.2) is 16.5 Å². The molecule has 0 aromatic carbocycles. The topological polar surface area (TPSA) is 37.8 Å². The molecule has 5 heteroatoms. The van der Waals surface area contributed by atoms with Crippen LogP contribution in [0, 0.1) is 6.92 Å². The highest BCUT2D eigenvalue weighted by atomic mass is 79.9. The van der Waals surface area contributed by atoms with Crippen LogP contribution in [0.3, 0.4) is 0 Å². The van der Waals surface area contributed by atoms with Gasteiger partial charge in [-0.25, -0.2) is 9.97 Å². The molecule has 0 spiro atoms. The highest BCUT2D eigenvalue weighted by Crippen LogP contribution is 2.34. The van der Waals surface area contributed by atoms with Gasteiger partial charge in [-0.1, -0.05) is 6.92 Å². The lowest BCUT2D eigenvalue weighted by Crippen LogP contribution is -2.07. The Hall–Kier alpha value is -0.940. The number of halogens is 1. The van der Waals surface area contributed by atoms with Crippen molar-refractivity contribution in [1.29, 1.82) is 0 Å². The van der Waals surface area contributed by atoms with Gasteiger partial charge in [-0.15, -0.1) is 0 Å². The Labute approximate surface area is 120 Å². The van der Waals surface area contributed by atoms with E-state index in [0.29, 0.717) is 0 Å². The molecule has 2 heterocycles. The zero-order valence-electron chi connectivity index (χ0n) is 10.7. The molecule has 2 rings (SSSR count). The number of thiophene rings is 1. The van der Waals surface area contributed by atoms with Crippen molar-refractivity contribution < 1.29 is 0 Å². The summed E-state index contributed by atoms with van der Waals surface area (Å²) in [4.78, 5) is 9.21. The number of anilines is 1. The summed E-state index contributed by atoms with van der Waals surface area (Å²) in [6, 6.07) is 0. The van der Waals surface area contributed by atoms with Crippen molar-refractivity contribution in [2.45, 2.75) is 27.2 Å². The molecule has 0 aliphatic heterocycles. The van der Waals surface area contributed by atoms with E-state index in [1.165, 1.54) is 0 Å². The first-order chi connectivity index (χ1) is 8.67. The summed E-state index contributed by atoms with van der Waals surface area (Å²) in [5.41, 5.74) is 3.27. The van der Waals surface area contributed by atoms with Crippen molar-refractivity contribution in [1.82, 2.24) is 9.97 Å². The van der Waals surface area contributed by atoms with Crippen LogP contribution in [0.5, 0.6) is 0 Å². The van der Waals surface area contributed by atoms with E-state index in [0.717, 1.165) is 45.9 Å². The molecule has 3 nitrogen and oxygen atoms in total. The maximum Gasteiger partial charge on any atom is 0.133 e. The van der Waals surface area contributed by atoms with E-state index < -0.39 is 0 Å². The van der Waals surface area contributed by atoms with E-state index in [-0.39, 0.29) is 0 Å². The Kier molecular flexibility index (Phi) is 4.35. The van der Waals surface area contributed by atoms with Gasteiger partial charge in [0.2, 0.25) is 0 Å². The predicted molar refractivity (Wildman–Crippen MR) is 81.3 cm³/mol. The molecule has 96 valence electrons. The Morgan fingerprint density at radius 3 is 2.61 bits per heavy atom. The molecule has 18 heavy (non-hydrogen) atoms. The third-order valence-electron chi connectivity index (χ3n) is 2.72. The van der Waals surface area contributed by atoms with Crippen LogP contribution >= 0.6 is 27.3 Å². The number of aromatic nitrogens is 2. The molecule has 0 atom stereocenters. The van der Waals surface area contributed by atoms with Crippen LogP contribution in [0.25, 0.3) is 11.3 Å². The van der Waals surface area contributed by atoms with Crippen LogP contribution in [0.4, 0.5) is 5.82 Å². The number of hydrogen-bond acceptors (Lipinski definition) is 4. The molecule has 0 aliphatic rings. The Morgan fingerprint density at radius 2 is 2.06 bits per heavy atom. The Morgan fingerprint density at radius 1 is 1.28 bits per heavy atom. The molecule has 0 saturated heterocycles. The minimum Gasteiger partial charge on any atom is -0.370 e. The highest BCUT2D eigenvalue weighted by Gasteiger charge is 2.14. The first-order valence-electron chi connectivity index (χ1n) is 6.00. The van der Waals surface area contributed by atoms with Gasteiger partial charge in [0, 0.05) is 39.3 Å². The summed E-state index contributed by atoms with van der Waals surface area (Å²) >= 11 is 5.25. The molecule has 0 amide bonds. The maximum atomic E-state index is 4.66. The third kappa shape index (κ3) is 2.57. The van der Waals surface area contributed by atoms with Gasteiger partial charge in [0.25, 0.3) is 0 Å². The van der Waals surface area contributed by atoms with Gasteiger partial charge in [-0.05, 0) is 29.8 Å². The van der Waals surface area contributed by atoms with Crippen molar-refractivity contribution >= 4 is 33.1 Å². The Bertz CT molecular complexity index is 551. The minimum absolute atomic E-state index is 0.841. The average Bonchev–Trinajstić information content (AvgIpc) is 2.78. The number of nitrogens with zero attached hydrogens (tertiary/aromatic N) is 2. The van der Waals surface area contributed by atoms with Gasteiger partial charge in [0.1, 0.15) is 11.6 Å². The van der Waals surface area contributed by atoms with Crippen molar-refractivity contribution in [3.05, 3.63) is 26.6 Å². The molecule has 0 bridgehead atoms. The van der Waals surface area contributed by atoms with Gasteiger partial charge in [-0.3, -0.25) is 0 Å². The summed E-state index contributed by atoms with van der Waals surface area (Å²) in [5.74, 6) is 1.82. The molecule has 1 N–H and O–H groups in total. The molecular formula is C13H16BrN3S. The first kappa shape index (κ1) is 13.5. The van der Waals surface area contributed by atoms with Crippen LogP contribution in [-0.2, 0) is 6.42 Å². The fourth-order valence-corrected chi connectivity index (χ4v) is 3.24. The zero-order valence-corrected chi connectivity index (χ0v) is 13.2. The van der Waals surface area contributed by atoms with Crippen LogP contribution in [0.15, 0.2) is 15.2 Å². The lowest BCUT2D eigenvalue weighted by molar-refractivity contribution is 0.930. The van der Waals surface area contributed by atoms with Crippen LogP contribution < -0.4 is 5.32 Å². The second kappa shape index (κ2) is 5.80. The number of hydrogen-bond donors (Lipinski definition) is 1. The molecule has 0 unspecified atom stereocenters. The fourth-order valence-electron chi connectivity index (χ4n) is 1.77. The SMILES string of the molecule is CCNc1nc(CC)nc(-c2cscc2Br)c1C. The fraction of sp³-hybridized carbons (Fsp3) is 0.385. The molecule has 2 aromatic heterocycles. The summed E-state index contributed by atoms with van der Waals surface area (Å²) in [7, 11) is 0. The van der Waals surface area contributed by atoms with Crippen molar-refractivity contribution in [2.75, 3.05) is 11.9 Å². The van der Waals surface area contributed by atoms with E-state index in [1.54, 1.807) is 11.3 Å². The van der Waals surface area contributed by atoms with E-state index in [4.69, 9.17) is 0 Å². The maximum absolute atomic E-state index is 4.66. The molecular weight excluding hydrogens is 310 g/mol. The molecule has 0 saturated carbocycles. The van der Waals surface area contributed by atoms with Crippen LogP contribution in [0.2, 0.25) is 0 Å². The second-order valence-corrected chi connectivity index (χ2v) is 5.58. The smallest absolute Gasteiger partial charge is 0.133 e. The number of aryl methyl sites for hydroxylation is 1. The van der Waals surface area contributed by atoms with Gasteiger partial charge in [0.15, 0.2) is 0 Å². The van der Waals surface area contributed by atoms with E-state index in [9.17, 15) is 0 Å². The van der Waals surface area contributed by atoms with Gasteiger partial charge >= 0.3 is 0 Å². The lowest BCUT2D eigenvalue weighted by Gasteiger charge is -2.12. The van der Waals surface area contributed by atoms with E-state index in [2.05, 4.69) is 62.7 Å². The monoisotopic (exact) mass is 325 g/mol. The Balaban J connectivity index is 2.59. The summed E-state index contributed by atoms with van der Waals surface area (Å²) in [6.45, 7) is 7.09. The number of rotatable bonds is 4. The first-order valence-corrected chi connectivity index (χ1v) is 7.74. The van der Waals surface area contributed by atoms with Crippen LogP contribution in [0.1, 0.15) is 25.2 Å². The summed E-state index contributed by atoms with van der Waals surface area (Å²) in [5, 5.41) is 7.51. The van der Waals surface area contributed by atoms with E-state index >= 15 is 0 Å². The third-order valence-corrected chi connectivity index (χ3v) is 4.43. The normalized spacial score (nSPS) is 10.7. The lowest BCUT2D eigenvalue weighted by atomic mass is 10.1. The summed E-state index contributed by atoms with van der Waals surface area (Å²) in [6.07, 6.45) is 0.841. The van der Waals surface area contributed by atoms with Gasteiger partial charge in [-0.2, -0.15) is 11.3 Å². The number of nitrogens with one attached hydrogen (secondary N) is 1. The van der Waals surface area contributed by atoms with E-state index in [1.807, 2.05) is 0 Å². The van der Waals surface area contributed by atoms with Gasteiger partial charge in [0.05, 0.1) is 5.69 Å². The predicted octanol–water partition coefficient (Wildman–Crippen LogP) is 4.27. The quantitative estimate of drug-likeness (QED) is 0.912. The minimum atomic E-state index is 0.841. The average molecular weight is 326 g/mol. The van der Waals surface area contributed by atoms with Gasteiger partial charge < -0.3 is 5.32 Å². The largest absolute Gasteiger partial charge is 0.370 e. The molecule has 2 aromatic rings. The molecule has 0 radical (unpaired) electrons. The van der Waals surface area contributed by atoms with Crippen molar-refractivity contribution in [2.24, 2.45) is 0 Å². The highest BCUT2D eigenvalue weighted by molar-refractivity contribution is 9.10.